The summed E-state index contributed by atoms with van der Waals surface area (Å²) in [4.78, 5) is 13.1. The molecule has 250 valence electrons. The first-order chi connectivity index (χ1) is 22.4. The molecule has 0 spiro atoms. The average Bonchev–Trinajstić information content (AvgIpc) is 3.74. The van der Waals surface area contributed by atoms with Crippen molar-refractivity contribution in [2.45, 2.75) is 76.1 Å². The molecule has 4 aliphatic rings. The molecule has 0 radical (unpaired) electrons. The molecule has 47 heavy (non-hydrogen) atoms. The number of hydrogen-bond donors (Lipinski definition) is 2. The Labute approximate surface area is 265 Å². The number of nitrogens with zero attached hydrogens (tertiary/aromatic N) is 5. The molecule has 2 unspecified atom stereocenters. The van der Waals surface area contributed by atoms with E-state index in [2.05, 4.69) is 35.1 Å². The lowest BCUT2D eigenvalue weighted by Crippen LogP contribution is -2.51. The largest absolute Gasteiger partial charge is 0.573 e. The van der Waals surface area contributed by atoms with Gasteiger partial charge in [0.15, 0.2) is 5.82 Å². The van der Waals surface area contributed by atoms with Crippen LogP contribution in [0.25, 0.3) is 32.9 Å². The standard InChI is InChI=1S/C32H33F6N7O2/c1-15-8-22-23(16(2)42-43-22)25(28(15)47-32(36,37)38)24-21(34)9-20-27(26(24)35)40-30(41-29(20)44-12-18-4-5-19(13-44)39-18)46-14-31-6-3-7-45(31)11-17(33)10-31/h8-9,17-19,39H,3-7,10-14H2,1-2H3,(H,42,43)/t17-,18?,19?,31+/m1/s1. The molecule has 4 saturated heterocycles. The summed E-state index contributed by atoms with van der Waals surface area (Å²) in [5, 5.41) is 10.5. The van der Waals surface area contributed by atoms with E-state index in [1.165, 1.54) is 19.9 Å². The number of H-pyrrole nitrogens is 1. The zero-order valence-corrected chi connectivity index (χ0v) is 25.8. The maximum Gasteiger partial charge on any atom is 0.573 e. The van der Waals surface area contributed by atoms with E-state index in [0.29, 0.717) is 26.1 Å². The molecule has 2 N–H and O–H groups in total. The van der Waals surface area contributed by atoms with Crippen LogP contribution < -0.4 is 19.7 Å². The summed E-state index contributed by atoms with van der Waals surface area (Å²) in [6.45, 7) is 5.09. The molecule has 8 rings (SSSR count). The normalized spacial score (nSPS) is 26.1. The van der Waals surface area contributed by atoms with E-state index in [0.717, 1.165) is 38.3 Å². The molecule has 0 aliphatic carbocycles. The number of halogens is 6. The van der Waals surface area contributed by atoms with Crippen molar-refractivity contribution in [2.75, 3.05) is 37.7 Å². The highest BCUT2D eigenvalue weighted by atomic mass is 19.4. The number of hydrogen-bond acceptors (Lipinski definition) is 8. The van der Waals surface area contributed by atoms with Gasteiger partial charge in [0.25, 0.3) is 0 Å². The van der Waals surface area contributed by atoms with Gasteiger partial charge in [0.1, 0.15) is 35.7 Å². The second-order valence-corrected chi connectivity index (χ2v) is 13.4. The molecule has 15 heteroatoms. The van der Waals surface area contributed by atoms with Gasteiger partial charge in [-0.25, -0.2) is 13.2 Å². The van der Waals surface area contributed by atoms with E-state index in [-0.39, 0.29) is 63.6 Å². The van der Waals surface area contributed by atoms with Gasteiger partial charge >= 0.3 is 12.4 Å². The highest BCUT2D eigenvalue weighted by Gasteiger charge is 2.49. The van der Waals surface area contributed by atoms with Crippen molar-refractivity contribution in [1.29, 1.82) is 0 Å². The number of alkyl halides is 4. The van der Waals surface area contributed by atoms with Crippen molar-refractivity contribution in [1.82, 2.24) is 30.4 Å². The Balaban J connectivity index is 1.31. The first-order valence-corrected chi connectivity index (χ1v) is 15.9. The first kappa shape index (κ1) is 30.5. The molecule has 2 bridgehead atoms. The van der Waals surface area contributed by atoms with Crippen molar-refractivity contribution in [3.63, 3.8) is 0 Å². The van der Waals surface area contributed by atoms with E-state index in [1.807, 2.05) is 4.90 Å². The SMILES string of the molecule is Cc1cc2[nH]nc(C)c2c(-c2c(F)cc3c(N4CC5CCC(C4)N5)nc(OC[C@@]45CCCN4C[C@H](F)C5)nc3c2F)c1OC(F)(F)F. The second-order valence-electron chi connectivity index (χ2n) is 13.4. The minimum absolute atomic E-state index is 0.000771. The fourth-order valence-corrected chi connectivity index (χ4v) is 8.26. The predicted octanol–water partition coefficient (Wildman–Crippen LogP) is 5.86. The van der Waals surface area contributed by atoms with Gasteiger partial charge in [0, 0.05) is 54.5 Å². The maximum atomic E-state index is 17.0. The van der Waals surface area contributed by atoms with Gasteiger partial charge in [-0.1, -0.05) is 0 Å². The Morgan fingerprint density at radius 2 is 1.81 bits per heavy atom. The number of aromatic nitrogens is 4. The highest BCUT2D eigenvalue weighted by Crippen LogP contribution is 2.47. The van der Waals surface area contributed by atoms with E-state index in [4.69, 9.17) is 4.74 Å². The van der Waals surface area contributed by atoms with Gasteiger partial charge in [-0.3, -0.25) is 10.00 Å². The maximum absolute atomic E-state index is 17.0. The molecule has 2 aromatic carbocycles. The number of anilines is 1. The van der Waals surface area contributed by atoms with E-state index < -0.39 is 46.6 Å². The van der Waals surface area contributed by atoms with Crippen LogP contribution in [0, 0.1) is 25.5 Å². The van der Waals surface area contributed by atoms with Crippen LogP contribution in [0.3, 0.4) is 0 Å². The van der Waals surface area contributed by atoms with Gasteiger partial charge in [-0.05, 0) is 63.8 Å². The van der Waals surface area contributed by atoms with Crippen LogP contribution in [-0.4, -0.2) is 88.0 Å². The Morgan fingerprint density at radius 3 is 2.55 bits per heavy atom. The third kappa shape index (κ3) is 5.12. The molecule has 0 amide bonds. The Hall–Kier alpha value is -3.85. The molecular weight excluding hydrogens is 628 g/mol. The van der Waals surface area contributed by atoms with Crippen molar-refractivity contribution < 1.29 is 35.8 Å². The van der Waals surface area contributed by atoms with E-state index in [9.17, 15) is 17.6 Å². The van der Waals surface area contributed by atoms with Crippen molar-refractivity contribution in [2.24, 2.45) is 0 Å². The summed E-state index contributed by atoms with van der Waals surface area (Å²) in [5.74, 6) is -2.76. The monoisotopic (exact) mass is 661 g/mol. The number of aryl methyl sites for hydroxylation is 2. The minimum atomic E-state index is -5.14. The summed E-state index contributed by atoms with van der Waals surface area (Å²) in [6, 6.07) is 2.61. The smallest absolute Gasteiger partial charge is 0.461 e. The lowest BCUT2D eigenvalue weighted by Gasteiger charge is -2.34. The van der Waals surface area contributed by atoms with Crippen LogP contribution in [0.4, 0.5) is 32.2 Å². The van der Waals surface area contributed by atoms with Gasteiger partial charge in [-0.2, -0.15) is 15.1 Å². The van der Waals surface area contributed by atoms with Crippen LogP contribution in [-0.2, 0) is 0 Å². The molecule has 6 heterocycles. The summed E-state index contributed by atoms with van der Waals surface area (Å²) in [7, 11) is 0. The molecule has 4 aliphatic heterocycles. The van der Waals surface area contributed by atoms with Crippen LogP contribution in [0.5, 0.6) is 11.8 Å². The average molecular weight is 662 g/mol. The van der Waals surface area contributed by atoms with E-state index >= 15 is 8.78 Å². The number of piperazine rings is 1. The highest BCUT2D eigenvalue weighted by molar-refractivity contribution is 6.03. The second kappa shape index (κ2) is 10.8. The van der Waals surface area contributed by atoms with Crippen LogP contribution in [0.1, 0.15) is 43.4 Å². The molecule has 4 fully saturated rings. The summed E-state index contributed by atoms with van der Waals surface area (Å²) in [6.07, 6.45) is -2.32. The number of aromatic amines is 1. The van der Waals surface area contributed by atoms with Crippen molar-refractivity contribution >= 4 is 27.6 Å². The summed E-state index contributed by atoms with van der Waals surface area (Å²) >= 11 is 0. The van der Waals surface area contributed by atoms with Gasteiger partial charge in [0.05, 0.1) is 22.3 Å². The summed E-state index contributed by atoms with van der Waals surface area (Å²) in [5.41, 5.74) is -1.49. The number of fused-ring (bicyclic) bond motifs is 5. The molecular formula is C32H33F6N7O2. The molecule has 9 nitrogen and oxygen atoms in total. The Kier molecular flexibility index (Phi) is 7.03. The Morgan fingerprint density at radius 1 is 1.04 bits per heavy atom. The topological polar surface area (TPSA) is 91.4 Å². The van der Waals surface area contributed by atoms with Gasteiger partial charge in [0.2, 0.25) is 0 Å². The number of ether oxygens (including phenoxy) is 2. The molecule has 2 aromatic heterocycles. The van der Waals surface area contributed by atoms with Gasteiger partial charge < -0.3 is 19.7 Å². The zero-order chi connectivity index (χ0) is 32.8. The predicted molar refractivity (Wildman–Crippen MR) is 161 cm³/mol. The molecule has 4 aromatic rings. The third-order valence-corrected chi connectivity index (χ3v) is 10.2. The van der Waals surface area contributed by atoms with Crippen molar-refractivity contribution in [3.05, 3.63) is 35.0 Å². The molecule has 4 atom stereocenters. The quantitative estimate of drug-likeness (QED) is 0.249. The zero-order valence-electron chi connectivity index (χ0n) is 25.8. The van der Waals surface area contributed by atoms with Crippen molar-refractivity contribution in [3.8, 4) is 22.9 Å². The Bertz CT molecular complexity index is 1890. The number of rotatable bonds is 6. The number of benzene rings is 2. The lowest BCUT2D eigenvalue weighted by molar-refractivity contribution is -0.274. The van der Waals surface area contributed by atoms with Crippen LogP contribution >= 0.6 is 0 Å². The summed E-state index contributed by atoms with van der Waals surface area (Å²) < 4.78 is 99.5. The van der Waals surface area contributed by atoms with Gasteiger partial charge in [-0.15, -0.1) is 13.2 Å². The first-order valence-electron chi connectivity index (χ1n) is 15.9. The van der Waals surface area contributed by atoms with Crippen LogP contribution in [0.15, 0.2) is 12.1 Å². The fraction of sp³-hybridized carbons (Fsp3) is 0.531. The van der Waals surface area contributed by atoms with Crippen LogP contribution in [0.2, 0.25) is 0 Å². The number of nitrogens with one attached hydrogen (secondary N) is 2. The van der Waals surface area contributed by atoms with E-state index in [1.54, 1.807) is 0 Å². The molecule has 0 saturated carbocycles. The minimum Gasteiger partial charge on any atom is -0.461 e. The third-order valence-electron chi connectivity index (χ3n) is 10.2. The fourth-order valence-electron chi connectivity index (χ4n) is 8.26. The lowest BCUT2D eigenvalue weighted by atomic mass is 9.94.